The standard InChI is InChI=1S/C23H23N3O2S/c27-22(14-26-20-7-3-4-8-21(20)29-15-23(26)28)25-11-9-16(10-12-25)19-13-17-5-1-2-6-18(17)24-19/h1-8,13,16,24H,9-12,14-15H2. The van der Waals surface area contributed by atoms with E-state index >= 15 is 0 Å². The molecule has 148 valence electrons. The first-order chi connectivity index (χ1) is 14.2. The molecule has 1 N–H and O–H groups in total. The minimum atomic E-state index is 0.00927. The summed E-state index contributed by atoms with van der Waals surface area (Å²) in [5.74, 6) is 0.887. The van der Waals surface area contributed by atoms with Gasteiger partial charge in [0.25, 0.3) is 0 Å². The average molecular weight is 406 g/mol. The Hall–Kier alpha value is -2.73. The van der Waals surface area contributed by atoms with Crippen LogP contribution in [0.25, 0.3) is 10.9 Å². The lowest BCUT2D eigenvalue weighted by Gasteiger charge is -2.34. The predicted molar refractivity (Wildman–Crippen MR) is 116 cm³/mol. The minimum Gasteiger partial charge on any atom is -0.358 e. The molecule has 0 saturated carbocycles. The van der Waals surface area contributed by atoms with E-state index < -0.39 is 0 Å². The predicted octanol–water partition coefficient (Wildman–Crippen LogP) is 4.01. The number of piperidine rings is 1. The molecule has 0 bridgehead atoms. The van der Waals surface area contributed by atoms with Crippen molar-refractivity contribution in [2.24, 2.45) is 0 Å². The average Bonchev–Trinajstić information content (AvgIpc) is 3.20. The van der Waals surface area contributed by atoms with Crippen LogP contribution in [0.2, 0.25) is 0 Å². The summed E-state index contributed by atoms with van der Waals surface area (Å²) in [7, 11) is 0. The summed E-state index contributed by atoms with van der Waals surface area (Å²) < 4.78 is 0. The number of thioether (sulfide) groups is 1. The van der Waals surface area contributed by atoms with Gasteiger partial charge in [-0.15, -0.1) is 11.8 Å². The number of amides is 2. The number of benzene rings is 2. The van der Waals surface area contributed by atoms with Gasteiger partial charge in [-0.1, -0.05) is 30.3 Å². The Morgan fingerprint density at radius 1 is 1.07 bits per heavy atom. The summed E-state index contributed by atoms with van der Waals surface area (Å²) in [6.07, 6.45) is 1.89. The number of rotatable bonds is 3. The van der Waals surface area contributed by atoms with Gasteiger partial charge in [0.05, 0.1) is 11.4 Å². The van der Waals surface area contributed by atoms with Gasteiger partial charge in [-0.3, -0.25) is 9.59 Å². The van der Waals surface area contributed by atoms with Crippen molar-refractivity contribution in [2.75, 3.05) is 30.3 Å². The molecule has 1 saturated heterocycles. The summed E-state index contributed by atoms with van der Waals surface area (Å²) in [6.45, 7) is 1.60. The molecule has 0 spiro atoms. The van der Waals surface area contributed by atoms with Crippen LogP contribution in [0.15, 0.2) is 59.5 Å². The smallest absolute Gasteiger partial charge is 0.242 e. The lowest BCUT2D eigenvalue weighted by atomic mass is 9.93. The normalized spacial score (nSPS) is 17.6. The van der Waals surface area contributed by atoms with E-state index in [1.54, 1.807) is 16.7 Å². The largest absolute Gasteiger partial charge is 0.358 e. The highest BCUT2D eigenvalue weighted by Gasteiger charge is 2.30. The van der Waals surface area contributed by atoms with Crippen LogP contribution < -0.4 is 4.90 Å². The minimum absolute atomic E-state index is 0.00927. The van der Waals surface area contributed by atoms with Crippen molar-refractivity contribution in [1.29, 1.82) is 0 Å². The zero-order valence-electron chi connectivity index (χ0n) is 16.1. The SMILES string of the molecule is O=C(CN1C(=O)CSc2ccccc21)N1CCC(c2cc3ccccc3[nH]2)CC1. The lowest BCUT2D eigenvalue weighted by Crippen LogP contribution is -2.47. The number of hydrogen-bond acceptors (Lipinski definition) is 3. The van der Waals surface area contributed by atoms with E-state index in [0.29, 0.717) is 11.7 Å². The number of hydrogen-bond donors (Lipinski definition) is 1. The van der Waals surface area contributed by atoms with Gasteiger partial charge < -0.3 is 14.8 Å². The molecular weight excluding hydrogens is 382 g/mol. The Labute approximate surface area is 174 Å². The monoisotopic (exact) mass is 405 g/mol. The number of H-pyrrole nitrogens is 1. The maximum absolute atomic E-state index is 12.9. The van der Waals surface area contributed by atoms with Crippen molar-refractivity contribution in [1.82, 2.24) is 9.88 Å². The van der Waals surface area contributed by atoms with Gasteiger partial charge in [0.1, 0.15) is 6.54 Å². The number of nitrogens with zero attached hydrogens (tertiary/aromatic N) is 2. The first-order valence-corrected chi connectivity index (χ1v) is 11.1. The third kappa shape index (κ3) is 3.53. The number of anilines is 1. The van der Waals surface area contributed by atoms with Gasteiger partial charge in [-0.25, -0.2) is 0 Å². The van der Waals surface area contributed by atoms with Crippen molar-refractivity contribution >= 4 is 40.2 Å². The number of likely N-dealkylation sites (tertiary alicyclic amines) is 1. The van der Waals surface area contributed by atoms with E-state index in [9.17, 15) is 9.59 Å². The highest BCUT2D eigenvalue weighted by molar-refractivity contribution is 8.00. The maximum atomic E-state index is 12.9. The Morgan fingerprint density at radius 2 is 1.83 bits per heavy atom. The molecule has 5 rings (SSSR count). The molecule has 2 aliphatic rings. The number of aromatic amines is 1. The molecule has 2 aromatic carbocycles. The van der Waals surface area contributed by atoms with Crippen molar-refractivity contribution in [2.45, 2.75) is 23.7 Å². The Bertz CT molecular complexity index is 1040. The van der Waals surface area contributed by atoms with E-state index in [-0.39, 0.29) is 18.4 Å². The molecule has 1 aromatic heterocycles. The second-order valence-corrected chi connectivity index (χ2v) is 8.72. The van der Waals surface area contributed by atoms with Gasteiger partial charge in [0, 0.05) is 35.1 Å². The summed E-state index contributed by atoms with van der Waals surface area (Å²) in [5.41, 5.74) is 3.28. The molecule has 1 fully saturated rings. The molecule has 0 unspecified atom stereocenters. The summed E-state index contributed by atoms with van der Waals surface area (Å²) in [4.78, 5) is 33.5. The van der Waals surface area contributed by atoms with E-state index in [2.05, 4.69) is 29.2 Å². The second kappa shape index (κ2) is 7.59. The van der Waals surface area contributed by atoms with E-state index in [1.807, 2.05) is 35.2 Å². The van der Waals surface area contributed by atoms with Gasteiger partial charge >= 0.3 is 0 Å². The van der Waals surface area contributed by atoms with Crippen LogP contribution in [0.5, 0.6) is 0 Å². The highest BCUT2D eigenvalue weighted by atomic mass is 32.2. The molecule has 0 radical (unpaired) electrons. The number of carbonyl (C=O) groups excluding carboxylic acids is 2. The molecule has 0 aliphatic carbocycles. The third-order valence-electron chi connectivity index (χ3n) is 5.94. The van der Waals surface area contributed by atoms with Gasteiger partial charge in [0.15, 0.2) is 0 Å². The molecule has 2 aliphatic heterocycles. The molecule has 3 heterocycles. The van der Waals surface area contributed by atoms with Crippen LogP contribution in [-0.4, -0.2) is 47.1 Å². The first kappa shape index (κ1) is 18.3. The van der Waals surface area contributed by atoms with Crippen LogP contribution in [0.3, 0.4) is 0 Å². The van der Waals surface area contributed by atoms with E-state index in [1.165, 1.54) is 16.6 Å². The molecule has 5 nitrogen and oxygen atoms in total. The van der Waals surface area contributed by atoms with Crippen LogP contribution in [0, 0.1) is 0 Å². The lowest BCUT2D eigenvalue weighted by molar-refractivity contribution is -0.132. The Balaban J connectivity index is 1.24. The molecular formula is C23H23N3O2S. The second-order valence-electron chi connectivity index (χ2n) is 7.70. The number of fused-ring (bicyclic) bond motifs is 2. The quantitative estimate of drug-likeness (QED) is 0.716. The molecule has 2 amide bonds. The number of para-hydroxylation sites is 2. The third-order valence-corrected chi connectivity index (χ3v) is 6.99. The molecule has 29 heavy (non-hydrogen) atoms. The van der Waals surface area contributed by atoms with Crippen LogP contribution >= 0.6 is 11.8 Å². The van der Waals surface area contributed by atoms with Crippen LogP contribution in [-0.2, 0) is 9.59 Å². The first-order valence-electron chi connectivity index (χ1n) is 10.1. The van der Waals surface area contributed by atoms with Crippen molar-refractivity contribution in [3.05, 3.63) is 60.3 Å². The Morgan fingerprint density at radius 3 is 2.66 bits per heavy atom. The topological polar surface area (TPSA) is 56.4 Å². The van der Waals surface area contributed by atoms with Crippen molar-refractivity contribution < 1.29 is 9.59 Å². The van der Waals surface area contributed by atoms with Crippen LogP contribution in [0.1, 0.15) is 24.5 Å². The van der Waals surface area contributed by atoms with Gasteiger partial charge in [0.2, 0.25) is 11.8 Å². The fraction of sp³-hybridized carbons (Fsp3) is 0.304. The number of aromatic nitrogens is 1. The maximum Gasteiger partial charge on any atom is 0.242 e. The zero-order chi connectivity index (χ0) is 19.8. The Kier molecular flexibility index (Phi) is 4.79. The van der Waals surface area contributed by atoms with E-state index in [0.717, 1.165) is 36.5 Å². The molecule has 6 heteroatoms. The van der Waals surface area contributed by atoms with Crippen LogP contribution in [0.4, 0.5) is 5.69 Å². The number of carbonyl (C=O) groups is 2. The highest BCUT2D eigenvalue weighted by Crippen LogP contribution is 2.35. The fourth-order valence-corrected chi connectivity index (χ4v) is 5.25. The van der Waals surface area contributed by atoms with E-state index in [4.69, 9.17) is 0 Å². The fourth-order valence-electron chi connectivity index (χ4n) is 4.32. The molecule has 3 aromatic rings. The molecule has 0 atom stereocenters. The van der Waals surface area contributed by atoms with Crippen molar-refractivity contribution in [3.8, 4) is 0 Å². The summed E-state index contributed by atoms with van der Waals surface area (Å²) >= 11 is 1.54. The van der Waals surface area contributed by atoms with Gasteiger partial charge in [-0.2, -0.15) is 0 Å². The number of nitrogens with one attached hydrogen (secondary N) is 1. The zero-order valence-corrected chi connectivity index (χ0v) is 17.0. The van der Waals surface area contributed by atoms with Gasteiger partial charge in [-0.05, 0) is 42.5 Å². The summed E-state index contributed by atoms with van der Waals surface area (Å²) in [6, 6.07) is 18.4. The van der Waals surface area contributed by atoms with Crippen molar-refractivity contribution in [3.63, 3.8) is 0 Å². The summed E-state index contributed by atoms with van der Waals surface area (Å²) in [5, 5.41) is 1.24.